The van der Waals surface area contributed by atoms with E-state index in [1.807, 2.05) is 24.2 Å². The molecule has 14 heavy (non-hydrogen) atoms. The molecule has 0 amide bonds. The van der Waals surface area contributed by atoms with Crippen molar-refractivity contribution in [3.05, 3.63) is 24.5 Å². The largest absolute Gasteiger partial charge is 0.265 e. The van der Waals surface area contributed by atoms with Crippen molar-refractivity contribution < 1.29 is 0 Å². The van der Waals surface area contributed by atoms with Gasteiger partial charge in [-0.25, -0.2) is 0 Å². The molecule has 0 spiro atoms. The second-order valence-electron chi connectivity index (χ2n) is 3.68. The fraction of sp³-hybridized carbons (Fsp3) is 0.545. The zero-order chi connectivity index (χ0) is 10.4. The van der Waals surface area contributed by atoms with E-state index in [1.165, 1.54) is 4.90 Å². The molecule has 0 saturated heterocycles. The molecule has 0 aliphatic carbocycles. The topological polar surface area (TPSA) is 12.9 Å². The maximum absolute atomic E-state index is 4.38. The van der Waals surface area contributed by atoms with Crippen molar-refractivity contribution in [2.45, 2.75) is 18.7 Å². The van der Waals surface area contributed by atoms with Crippen LogP contribution in [0.3, 0.4) is 0 Å². The summed E-state index contributed by atoms with van der Waals surface area (Å²) in [6, 6.07) is 4.11. The molecule has 0 fully saturated rings. The lowest BCUT2D eigenvalue weighted by atomic mass is 10.0. The van der Waals surface area contributed by atoms with E-state index in [0.29, 0.717) is 11.8 Å². The number of nitrogens with zero attached hydrogens (tertiary/aromatic N) is 1. The van der Waals surface area contributed by atoms with Gasteiger partial charge in [-0.3, -0.25) is 4.98 Å². The molecule has 0 aromatic carbocycles. The Kier molecular flexibility index (Phi) is 5.41. The summed E-state index contributed by atoms with van der Waals surface area (Å²) >= 11 is 6.27. The Morgan fingerprint density at radius 3 is 2.50 bits per heavy atom. The second kappa shape index (κ2) is 6.36. The van der Waals surface area contributed by atoms with Gasteiger partial charge in [0.1, 0.15) is 0 Å². The molecule has 0 N–H and O–H groups in total. The van der Waals surface area contributed by atoms with Crippen molar-refractivity contribution in [2.24, 2.45) is 11.8 Å². The fourth-order valence-electron chi connectivity index (χ4n) is 1.09. The van der Waals surface area contributed by atoms with E-state index in [9.17, 15) is 0 Å². The maximum Gasteiger partial charge on any atom is 0.0278 e. The van der Waals surface area contributed by atoms with Crippen molar-refractivity contribution in [1.82, 2.24) is 4.98 Å². The Bertz CT molecular complexity index is 249. The summed E-state index contributed by atoms with van der Waals surface area (Å²) in [5.74, 6) is 3.51. The maximum atomic E-state index is 4.38. The van der Waals surface area contributed by atoms with Gasteiger partial charge in [-0.1, -0.05) is 13.8 Å². The smallest absolute Gasteiger partial charge is 0.0278 e. The zero-order valence-electron chi connectivity index (χ0n) is 8.68. The van der Waals surface area contributed by atoms with E-state index >= 15 is 0 Å². The normalized spacial score (nSPS) is 13.1. The van der Waals surface area contributed by atoms with Crippen LogP contribution in [0.25, 0.3) is 0 Å². The van der Waals surface area contributed by atoms with Crippen LogP contribution in [0, 0.1) is 11.8 Å². The van der Waals surface area contributed by atoms with Crippen LogP contribution in [0.4, 0.5) is 0 Å². The molecular weight excluding hydrogens is 210 g/mol. The number of hydrogen-bond donors (Lipinski definition) is 1. The molecule has 1 atom stereocenters. The van der Waals surface area contributed by atoms with Crippen LogP contribution >= 0.6 is 24.4 Å². The SMILES string of the molecule is CC(C)C(CS)CSc1ccncc1. The monoisotopic (exact) mass is 227 g/mol. The molecule has 0 radical (unpaired) electrons. The lowest BCUT2D eigenvalue weighted by molar-refractivity contribution is 0.473. The third-order valence-corrected chi connectivity index (χ3v) is 3.96. The van der Waals surface area contributed by atoms with Crippen molar-refractivity contribution in [1.29, 1.82) is 0 Å². The highest BCUT2D eigenvalue weighted by molar-refractivity contribution is 7.99. The summed E-state index contributed by atoms with van der Waals surface area (Å²) in [5, 5.41) is 0. The van der Waals surface area contributed by atoms with E-state index in [4.69, 9.17) is 0 Å². The van der Waals surface area contributed by atoms with Crippen molar-refractivity contribution in [2.75, 3.05) is 11.5 Å². The van der Waals surface area contributed by atoms with Crippen molar-refractivity contribution in [3.8, 4) is 0 Å². The van der Waals surface area contributed by atoms with E-state index in [2.05, 4.69) is 43.6 Å². The van der Waals surface area contributed by atoms with Gasteiger partial charge in [0, 0.05) is 23.0 Å². The number of rotatable bonds is 5. The van der Waals surface area contributed by atoms with Crippen LogP contribution in [0.1, 0.15) is 13.8 Å². The van der Waals surface area contributed by atoms with Crippen molar-refractivity contribution in [3.63, 3.8) is 0 Å². The Labute approximate surface area is 96.1 Å². The summed E-state index contributed by atoms with van der Waals surface area (Å²) in [5.41, 5.74) is 0. The molecule has 78 valence electrons. The number of aromatic nitrogens is 1. The van der Waals surface area contributed by atoms with E-state index < -0.39 is 0 Å². The molecular formula is C11H17NS2. The minimum Gasteiger partial charge on any atom is -0.265 e. The van der Waals surface area contributed by atoms with Gasteiger partial charge in [-0.2, -0.15) is 12.6 Å². The molecule has 3 heteroatoms. The minimum atomic E-state index is 0.691. The quantitative estimate of drug-likeness (QED) is 0.612. The predicted molar refractivity (Wildman–Crippen MR) is 67.1 cm³/mol. The van der Waals surface area contributed by atoms with Gasteiger partial charge in [0.2, 0.25) is 0 Å². The molecule has 1 unspecified atom stereocenters. The Balaban J connectivity index is 2.40. The van der Waals surface area contributed by atoms with Crippen LogP contribution in [-0.4, -0.2) is 16.5 Å². The van der Waals surface area contributed by atoms with Crippen LogP contribution < -0.4 is 0 Å². The van der Waals surface area contributed by atoms with Crippen LogP contribution in [0.5, 0.6) is 0 Å². The van der Waals surface area contributed by atoms with Crippen LogP contribution in [0.15, 0.2) is 29.4 Å². The average Bonchev–Trinajstić information content (AvgIpc) is 2.20. The highest BCUT2D eigenvalue weighted by Gasteiger charge is 2.11. The molecule has 0 bridgehead atoms. The molecule has 1 rings (SSSR count). The number of thioether (sulfide) groups is 1. The third-order valence-electron chi connectivity index (χ3n) is 2.29. The predicted octanol–water partition coefficient (Wildman–Crippen LogP) is 3.38. The average molecular weight is 227 g/mol. The van der Waals surface area contributed by atoms with Crippen LogP contribution in [-0.2, 0) is 0 Å². The van der Waals surface area contributed by atoms with Gasteiger partial charge in [0.15, 0.2) is 0 Å². The van der Waals surface area contributed by atoms with Gasteiger partial charge in [-0.15, -0.1) is 11.8 Å². The Morgan fingerprint density at radius 2 is 2.00 bits per heavy atom. The molecule has 0 saturated carbocycles. The first kappa shape index (κ1) is 11.9. The van der Waals surface area contributed by atoms with E-state index in [1.54, 1.807) is 0 Å². The first-order chi connectivity index (χ1) is 6.74. The minimum absolute atomic E-state index is 0.691. The van der Waals surface area contributed by atoms with Gasteiger partial charge in [0.05, 0.1) is 0 Å². The van der Waals surface area contributed by atoms with Gasteiger partial charge < -0.3 is 0 Å². The lowest BCUT2D eigenvalue weighted by Crippen LogP contribution is -2.13. The van der Waals surface area contributed by atoms with E-state index in [-0.39, 0.29) is 0 Å². The highest BCUT2D eigenvalue weighted by Crippen LogP contribution is 2.24. The molecule has 1 aromatic heterocycles. The first-order valence-corrected chi connectivity index (χ1v) is 6.49. The van der Waals surface area contributed by atoms with Crippen LogP contribution in [0.2, 0.25) is 0 Å². The third kappa shape index (κ3) is 3.93. The molecule has 0 aliphatic heterocycles. The lowest BCUT2D eigenvalue weighted by Gasteiger charge is -2.17. The zero-order valence-corrected chi connectivity index (χ0v) is 10.4. The number of thiol groups is 1. The number of hydrogen-bond acceptors (Lipinski definition) is 3. The summed E-state index contributed by atoms with van der Waals surface area (Å²) in [4.78, 5) is 5.30. The fourth-order valence-corrected chi connectivity index (χ4v) is 3.04. The molecule has 1 aromatic rings. The molecule has 1 nitrogen and oxygen atoms in total. The first-order valence-electron chi connectivity index (χ1n) is 4.87. The van der Waals surface area contributed by atoms with Crippen molar-refractivity contribution >= 4 is 24.4 Å². The second-order valence-corrected chi connectivity index (χ2v) is 5.14. The van der Waals surface area contributed by atoms with E-state index in [0.717, 1.165) is 11.5 Å². The van der Waals surface area contributed by atoms with Gasteiger partial charge in [0.25, 0.3) is 0 Å². The highest BCUT2D eigenvalue weighted by atomic mass is 32.2. The number of pyridine rings is 1. The summed E-state index contributed by atoms with van der Waals surface area (Å²) in [6.45, 7) is 4.52. The molecule has 1 heterocycles. The Morgan fingerprint density at radius 1 is 1.36 bits per heavy atom. The molecule has 0 aliphatic rings. The summed E-state index contributed by atoms with van der Waals surface area (Å²) < 4.78 is 0. The Hall–Kier alpha value is -0.150. The summed E-state index contributed by atoms with van der Waals surface area (Å²) in [7, 11) is 0. The van der Waals surface area contributed by atoms with Gasteiger partial charge in [-0.05, 0) is 29.7 Å². The summed E-state index contributed by atoms with van der Waals surface area (Å²) in [6.07, 6.45) is 3.68. The van der Waals surface area contributed by atoms with Gasteiger partial charge >= 0.3 is 0 Å². The standard InChI is InChI=1S/C11H17NS2/c1-9(2)10(7-13)8-14-11-3-5-12-6-4-11/h3-6,9-10,13H,7-8H2,1-2H3.